The quantitative estimate of drug-likeness (QED) is 0.738. The summed E-state index contributed by atoms with van der Waals surface area (Å²) in [7, 11) is 1.60. The summed E-state index contributed by atoms with van der Waals surface area (Å²) in [5.74, 6) is 0.745. The number of amides is 1. The van der Waals surface area contributed by atoms with Crippen molar-refractivity contribution in [2.75, 3.05) is 20.3 Å². The van der Waals surface area contributed by atoms with Crippen LogP contribution >= 0.6 is 0 Å². The molecule has 1 aromatic carbocycles. The zero-order chi connectivity index (χ0) is 19.1. The number of carbonyl (C=O) groups excluding carboxylic acids is 1. The van der Waals surface area contributed by atoms with Crippen LogP contribution in [0.5, 0.6) is 11.5 Å². The number of furan rings is 1. The Morgan fingerprint density at radius 2 is 1.77 bits per heavy atom. The largest absolute Gasteiger partial charge is 0.494 e. The van der Waals surface area contributed by atoms with Crippen LogP contribution in [-0.2, 0) is 11.3 Å². The Balaban J connectivity index is 1.85. The van der Waals surface area contributed by atoms with E-state index in [4.69, 9.17) is 19.0 Å². The van der Waals surface area contributed by atoms with Crippen LogP contribution < -0.4 is 9.47 Å². The molecular weight excluding hydrogens is 338 g/mol. The molecule has 7 heteroatoms. The Kier molecular flexibility index (Phi) is 6.66. The summed E-state index contributed by atoms with van der Waals surface area (Å²) in [5, 5.41) is 9.03. The van der Waals surface area contributed by atoms with Crippen molar-refractivity contribution < 1.29 is 28.6 Å². The summed E-state index contributed by atoms with van der Waals surface area (Å²) in [6, 6.07) is 8.49. The van der Waals surface area contributed by atoms with Crippen LogP contribution in [0, 0.1) is 6.92 Å². The second-order valence-electron chi connectivity index (χ2n) is 5.85. The van der Waals surface area contributed by atoms with E-state index >= 15 is 0 Å². The van der Waals surface area contributed by atoms with Gasteiger partial charge >= 0.3 is 5.97 Å². The predicted octanol–water partition coefficient (Wildman–Crippen LogP) is 3.11. The number of carbonyl (C=O) groups is 2. The first-order chi connectivity index (χ1) is 12.4. The standard InChI is InChI=1S/C19H23NO6/c1-4-9-24-14-5-7-15(8-6-14)25-12-18(21)20(3)11-16-10-17(19(22)23)13(2)26-16/h5-8,10H,4,9,11-12H2,1-3H3,(H,22,23). The van der Waals surface area contributed by atoms with E-state index in [1.807, 2.05) is 6.92 Å². The number of likely N-dealkylation sites (N-methyl/N-ethyl adjacent to an activating group) is 1. The van der Waals surface area contributed by atoms with Crippen LogP contribution in [0.3, 0.4) is 0 Å². The number of carboxylic acids is 1. The van der Waals surface area contributed by atoms with E-state index in [1.54, 1.807) is 38.2 Å². The van der Waals surface area contributed by atoms with Gasteiger partial charge in [-0.05, 0) is 43.7 Å². The average Bonchev–Trinajstić information content (AvgIpc) is 2.99. The highest BCUT2D eigenvalue weighted by Crippen LogP contribution is 2.18. The van der Waals surface area contributed by atoms with Gasteiger partial charge in [-0.1, -0.05) is 6.92 Å². The second kappa shape index (κ2) is 8.94. The maximum atomic E-state index is 12.2. The number of hydrogen-bond donors (Lipinski definition) is 1. The van der Waals surface area contributed by atoms with E-state index in [-0.39, 0.29) is 24.6 Å². The average molecular weight is 361 g/mol. The lowest BCUT2D eigenvalue weighted by Crippen LogP contribution is -2.30. The molecule has 0 saturated carbocycles. The molecular formula is C19H23NO6. The van der Waals surface area contributed by atoms with E-state index in [1.165, 1.54) is 11.0 Å². The van der Waals surface area contributed by atoms with Crippen LogP contribution in [0.1, 0.15) is 35.2 Å². The number of aromatic carboxylic acids is 1. The minimum Gasteiger partial charge on any atom is -0.494 e. The van der Waals surface area contributed by atoms with Gasteiger partial charge in [0.05, 0.1) is 13.2 Å². The second-order valence-corrected chi connectivity index (χ2v) is 5.85. The van der Waals surface area contributed by atoms with Gasteiger partial charge < -0.3 is 23.9 Å². The Hall–Kier alpha value is -2.96. The number of ether oxygens (including phenoxy) is 2. The fourth-order valence-corrected chi connectivity index (χ4v) is 2.26. The van der Waals surface area contributed by atoms with E-state index in [2.05, 4.69) is 0 Å². The van der Waals surface area contributed by atoms with Crippen LogP contribution in [0.4, 0.5) is 0 Å². The SMILES string of the molecule is CCCOc1ccc(OCC(=O)N(C)Cc2cc(C(=O)O)c(C)o2)cc1. The molecule has 0 atom stereocenters. The van der Waals surface area contributed by atoms with Gasteiger partial charge in [-0.25, -0.2) is 4.79 Å². The molecule has 0 aliphatic heterocycles. The molecule has 1 aromatic heterocycles. The third-order valence-electron chi connectivity index (χ3n) is 3.68. The summed E-state index contributed by atoms with van der Waals surface area (Å²) >= 11 is 0. The number of carboxylic acid groups (broad SMARTS) is 1. The smallest absolute Gasteiger partial charge is 0.339 e. The number of benzene rings is 1. The van der Waals surface area contributed by atoms with E-state index in [0.29, 0.717) is 23.9 Å². The Bertz CT molecular complexity index is 750. The molecule has 0 spiro atoms. The van der Waals surface area contributed by atoms with Crippen molar-refractivity contribution in [3.63, 3.8) is 0 Å². The molecule has 0 saturated heterocycles. The molecule has 1 heterocycles. The summed E-state index contributed by atoms with van der Waals surface area (Å²) < 4.78 is 16.3. The molecule has 7 nitrogen and oxygen atoms in total. The zero-order valence-corrected chi connectivity index (χ0v) is 15.2. The topological polar surface area (TPSA) is 89.2 Å². The van der Waals surface area contributed by atoms with Gasteiger partial charge in [0.25, 0.3) is 5.91 Å². The number of aryl methyl sites for hydroxylation is 1. The van der Waals surface area contributed by atoms with Gasteiger partial charge in [0.1, 0.15) is 28.6 Å². The molecule has 0 fully saturated rings. The highest BCUT2D eigenvalue weighted by molar-refractivity contribution is 5.88. The van der Waals surface area contributed by atoms with Crippen molar-refractivity contribution in [3.05, 3.63) is 47.4 Å². The maximum absolute atomic E-state index is 12.2. The lowest BCUT2D eigenvalue weighted by atomic mass is 10.2. The Morgan fingerprint density at radius 1 is 1.15 bits per heavy atom. The Morgan fingerprint density at radius 3 is 2.31 bits per heavy atom. The fourth-order valence-electron chi connectivity index (χ4n) is 2.26. The number of rotatable bonds is 9. The molecule has 140 valence electrons. The molecule has 2 aromatic rings. The van der Waals surface area contributed by atoms with Crippen LogP contribution in [0.15, 0.2) is 34.7 Å². The zero-order valence-electron chi connectivity index (χ0n) is 15.2. The maximum Gasteiger partial charge on any atom is 0.339 e. The Labute approximate surface area is 152 Å². The highest BCUT2D eigenvalue weighted by atomic mass is 16.5. The van der Waals surface area contributed by atoms with Crippen molar-refractivity contribution in [3.8, 4) is 11.5 Å². The first kappa shape index (κ1) is 19.4. The molecule has 1 amide bonds. The molecule has 26 heavy (non-hydrogen) atoms. The van der Waals surface area contributed by atoms with Crippen molar-refractivity contribution in [1.29, 1.82) is 0 Å². The van der Waals surface area contributed by atoms with Gasteiger partial charge in [0.2, 0.25) is 0 Å². The van der Waals surface area contributed by atoms with Gasteiger partial charge in [-0.2, -0.15) is 0 Å². The monoisotopic (exact) mass is 361 g/mol. The van der Waals surface area contributed by atoms with Crippen LogP contribution in [0.25, 0.3) is 0 Å². The number of nitrogens with zero attached hydrogens (tertiary/aromatic N) is 1. The minimum atomic E-state index is -1.05. The van der Waals surface area contributed by atoms with E-state index < -0.39 is 5.97 Å². The van der Waals surface area contributed by atoms with Gasteiger partial charge in [-0.15, -0.1) is 0 Å². The van der Waals surface area contributed by atoms with Gasteiger partial charge in [0.15, 0.2) is 6.61 Å². The van der Waals surface area contributed by atoms with Crippen molar-refractivity contribution in [1.82, 2.24) is 4.90 Å². The van der Waals surface area contributed by atoms with E-state index in [0.717, 1.165) is 12.2 Å². The first-order valence-electron chi connectivity index (χ1n) is 8.33. The number of hydrogen-bond acceptors (Lipinski definition) is 5. The van der Waals surface area contributed by atoms with Gasteiger partial charge in [-0.3, -0.25) is 4.79 Å². The predicted molar refractivity (Wildman–Crippen MR) is 94.6 cm³/mol. The molecule has 0 aliphatic rings. The van der Waals surface area contributed by atoms with Crippen LogP contribution in [0.2, 0.25) is 0 Å². The highest BCUT2D eigenvalue weighted by Gasteiger charge is 2.17. The summed E-state index contributed by atoms with van der Waals surface area (Å²) in [6.07, 6.45) is 0.933. The first-order valence-corrected chi connectivity index (χ1v) is 8.33. The van der Waals surface area contributed by atoms with Crippen LogP contribution in [-0.4, -0.2) is 42.1 Å². The third kappa shape index (κ3) is 5.27. The normalized spacial score (nSPS) is 10.4. The van der Waals surface area contributed by atoms with E-state index in [9.17, 15) is 9.59 Å². The molecule has 0 bridgehead atoms. The lowest BCUT2D eigenvalue weighted by molar-refractivity contribution is -0.132. The molecule has 0 aliphatic carbocycles. The molecule has 0 unspecified atom stereocenters. The summed E-state index contributed by atoms with van der Waals surface area (Å²) in [4.78, 5) is 24.6. The summed E-state index contributed by atoms with van der Waals surface area (Å²) in [6.45, 7) is 4.30. The molecule has 1 N–H and O–H groups in total. The van der Waals surface area contributed by atoms with Crippen molar-refractivity contribution in [2.45, 2.75) is 26.8 Å². The minimum absolute atomic E-state index is 0.0995. The van der Waals surface area contributed by atoms with Gasteiger partial charge in [0, 0.05) is 7.05 Å². The third-order valence-corrected chi connectivity index (χ3v) is 3.68. The fraction of sp³-hybridized carbons (Fsp3) is 0.368. The van der Waals surface area contributed by atoms with Crippen molar-refractivity contribution in [2.24, 2.45) is 0 Å². The molecule has 0 radical (unpaired) electrons. The van der Waals surface area contributed by atoms with Crippen molar-refractivity contribution >= 4 is 11.9 Å². The summed E-state index contributed by atoms with van der Waals surface area (Å²) in [5.41, 5.74) is 0.0995. The lowest BCUT2D eigenvalue weighted by Gasteiger charge is -2.16. The molecule has 2 rings (SSSR count).